The molecule has 56 valence electrons. The molecule has 4 nitrogen and oxygen atoms in total. The van der Waals surface area contributed by atoms with E-state index in [-0.39, 0.29) is 20.1 Å². The van der Waals surface area contributed by atoms with Crippen molar-refractivity contribution in [2.24, 2.45) is 0 Å². The van der Waals surface area contributed by atoms with Gasteiger partial charge in [0.25, 0.3) is 0 Å². The van der Waals surface area contributed by atoms with E-state index in [9.17, 15) is 8.42 Å². The van der Waals surface area contributed by atoms with Crippen molar-refractivity contribution in [1.29, 1.82) is 0 Å². The first-order valence-corrected chi connectivity index (χ1v) is 3.15. The predicted octanol–water partition coefficient (Wildman–Crippen LogP) is 0.105. The van der Waals surface area contributed by atoms with Gasteiger partial charge in [0.05, 0.1) is 6.61 Å². The van der Waals surface area contributed by atoms with E-state index >= 15 is 0 Å². The van der Waals surface area contributed by atoms with Crippen molar-refractivity contribution >= 4 is 23.9 Å². The summed E-state index contributed by atoms with van der Waals surface area (Å²) >= 11 is 0. The Hall–Kier alpha value is -0.0400. The second kappa shape index (κ2) is 4.80. The lowest BCUT2D eigenvalue weighted by atomic mass is 10.7. The zero-order valence-corrected chi connectivity index (χ0v) is 6.39. The first kappa shape index (κ1) is 11.7. The molecule has 0 rings (SSSR count). The highest BCUT2D eigenvalue weighted by Crippen LogP contribution is 1.83. The summed E-state index contributed by atoms with van der Waals surface area (Å²) in [5.74, 6) is 0. The standard InChI is InChI=1S/C3H6O4S.H2S/c1-2-3-7-8(4,5)6;/h2H,1,3H2,(H,4,5,6);1H2. The Balaban J connectivity index is 0. The summed E-state index contributed by atoms with van der Waals surface area (Å²) in [6.45, 7) is 2.97. The Morgan fingerprint density at radius 3 is 2.22 bits per heavy atom. The minimum atomic E-state index is -4.26. The minimum Gasteiger partial charge on any atom is -0.264 e. The van der Waals surface area contributed by atoms with E-state index in [1.165, 1.54) is 6.08 Å². The molecular formula is C3H8O4S2. The molecule has 0 aromatic carbocycles. The van der Waals surface area contributed by atoms with Crippen molar-refractivity contribution in [1.82, 2.24) is 0 Å². The van der Waals surface area contributed by atoms with Crippen LogP contribution in [0, 0.1) is 0 Å². The monoisotopic (exact) mass is 172 g/mol. The van der Waals surface area contributed by atoms with Gasteiger partial charge in [-0.25, -0.2) is 4.18 Å². The molecule has 0 saturated carbocycles. The van der Waals surface area contributed by atoms with Gasteiger partial charge in [0.2, 0.25) is 0 Å². The summed E-state index contributed by atoms with van der Waals surface area (Å²) in [5.41, 5.74) is 0. The molecule has 0 heterocycles. The fourth-order valence-electron chi connectivity index (χ4n) is 0.134. The molecule has 0 aromatic rings. The van der Waals surface area contributed by atoms with Gasteiger partial charge in [-0.05, 0) is 0 Å². The van der Waals surface area contributed by atoms with Crippen LogP contribution in [0.4, 0.5) is 0 Å². The molecule has 0 saturated heterocycles. The van der Waals surface area contributed by atoms with Crippen molar-refractivity contribution in [3.05, 3.63) is 12.7 Å². The molecule has 0 radical (unpaired) electrons. The largest absolute Gasteiger partial charge is 0.397 e. The van der Waals surface area contributed by atoms with Gasteiger partial charge in [0.15, 0.2) is 0 Å². The SMILES string of the molecule is C=CCOS(=O)(=O)O.S. The smallest absolute Gasteiger partial charge is 0.264 e. The van der Waals surface area contributed by atoms with Gasteiger partial charge < -0.3 is 0 Å². The Bertz CT molecular complexity index is 159. The molecule has 0 bridgehead atoms. The maximum atomic E-state index is 9.68. The van der Waals surface area contributed by atoms with Crippen LogP contribution in [0.2, 0.25) is 0 Å². The third-order valence-corrected chi connectivity index (χ3v) is 0.769. The Labute approximate surface area is 60.9 Å². The molecule has 0 unspecified atom stereocenters. The maximum absolute atomic E-state index is 9.68. The molecule has 0 aliphatic rings. The molecule has 0 aromatic heterocycles. The molecule has 1 N–H and O–H groups in total. The third-order valence-electron chi connectivity index (χ3n) is 0.335. The summed E-state index contributed by atoms with van der Waals surface area (Å²) in [7, 11) is -4.26. The number of rotatable bonds is 3. The lowest BCUT2D eigenvalue weighted by molar-refractivity contribution is 0.296. The van der Waals surface area contributed by atoms with Gasteiger partial charge in [-0.3, -0.25) is 4.55 Å². The fraction of sp³-hybridized carbons (Fsp3) is 0.333. The van der Waals surface area contributed by atoms with Crippen LogP contribution in [-0.4, -0.2) is 19.6 Å². The zero-order chi connectivity index (χ0) is 6.62. The summed E-state index contributed by atoms with van der Waals surface area (Å²) in [6.07, 6.45) is 1.22. The Morgan fingerprint density at radius 2 is 2.11 bits per heavy atom. The Kier molecular flexibility index (Phi) is 6.25. The minimum absolute atomic E-state index is 0. The topological polar surface area (TPSA) is 63.6 Å². The fourth-order valence-corrected chi connectivity index (χ4v) is 0.402. The average Bonchev–Trinajstić information content (AvgIpc) is 1.59. The molecule has 0 fully saturated rings. The molecule has 0 aliphatic heterocycles. The lowest BCUT2D eigenvalue weighted by Crippen LogP contribution is -2.02. The van der Waals surface area contributed by atoms with Crippen molar-refractivity contribution in [2.45, 2.75) is 0 Å². The van der Waals surface area contributed by atoms with E-state index in [4.69, 9.17) is 4.55 Å². The highest BCUT2D eigenvalue weighted by Gasteiger charge is 1.99. The van der Waals surface area contributed by atoms with Crippen LogP contribution in [0.1, 0.15) is 0 Å². The van der Waals surface area contributed by atoms with Crippen molar-refractivity contribution < 1.29 is 17.2 Å². The summed E-state index contributed by atoms with van der Waals surface area (Å²) in [5, 5.41) is 0. The Morgan fingerprint density at radius 1 is 1.67 bits per heavy atom. The quantitative estimate of drug-likeness (QED) is 0.484. The summed E-state index contributed by atoms with van der Waals surface area (Å²) in [6, 6.07) is 0. The summed E-state index contributed by atoms with van der Waals surface area (Å²) in [4.78, 5) is 0. The van der Waals surface area contributed by atoms with Crippen molar-refractivity contribution in [3.63, 3.8) is 0 Å². The van der Waals surface area contributed by atoms with E-state index in [1.807, 2.05) is 0 Å². The molecular weight excluding hydrogens is 164 g/mol. The van der Waals surface area contributed by atoms with Gasteiger partial charge in [0, 0.05) is 0 Å². The average molecular weight is 172 g/mol. The highest BCUT2D eigenvalue weighted by molar-refractivity contribution is 7.80. The van der Waals surface area contributed by atoms with Gasteiger partial charge in [-0.1, -0.05) is 6.08 Å². The van der Waals surface area contributed by atoms with Crippen LogP contribution in [0.3, 0.4) is 0 Å². The van der Waals surface area contributed by atoms with Gasteiger partial charge in [-0.15, -0.1) is 6.58 Å². The first-order valence-electron chi connectivity index (χ1n) is 1.79. The van der Waals surface area contributed by atoms with Crippen LogP contribution in [-0.2, 0) is 14.6 Å². The predicted molar refractivity (Wildman–Crippen MR) is 38.1 cm³/mol. The zero-order valence-electron chi connectivity index (χ0n) is 4.57. The van der Waals surface area contributed by atoms with Crippen molar-refractivity contribution in [2.75, 3.05) is 6.61 Å². The maximum Gasteiger partial charge on any atom is 0.397 e. The summed E-state index contributed by atoms with van der Waals surface area (Å²) < 4.78 is 31.0. The van der Waals surface area contributed by atoms with E-state index in [0.717, 1.165) is 0 Å². The normalized spacial score (nSPS) is 9.89. The van der Waals surface area contributed by atoms with Crippen LogP contribution in [0.15, 0.2) is 12.7 Å². The lowest BCUT2D eigenvalue weighted by Gasteiger charge is -1.90. The van der Waals surface area contributed by atoms with Crippen LogP contribution < -0.4 is 0 Å². The van der Waals surface area contributed by atoms with Gasteiger partial charge >= 0.3 is 10.4 Å². The van der Waals surface area contributed by atoms with Gasteiger partial charge in [-0.2, -0.15) is 21.9 Å². The molecule has 9 heavy (non-hydrogen) atoms. The second-order valence-corrected chi connectivity index (χ2v) is 2.09. The molecule has 6 heteroatoms. The second-order valence-electron chi connectivity index (χ2n) is 1.00. The first-order chi connectivity index (χ1) is 3.56. The van der Waals surface area contributed by atoms with Crippen LogP contribution in [0.5, 0.6) is 0 Å². The van der Waals surface area contributed by atoms with E-state index < -0.39 is 10.4 Å². The molecule has 0 atom stereocenters. The molecule has 0 amide bonds. The molecule has 0 aliphatic carbocycles. The van der Waals surface area contributed by atoms with Gasteiger partial charge in [0.1, 0.15) is 0 Å². The van der Waals surface area contributed by atoms with Crippen molar-refractivity contribution in [3.8, 4) is 0 Å². The van der Waals surface area contributed by atoms with E-state index in [2.05, 4.69) is 10.8 Å². The molecule has 0 spiro atoms. The third kappa shape index (κ3) is 11.5. The number of hydrogen-bond donors (Lipinski definition) is 1. The van der Waals surface area contributed by atoms with E-state index in [0.29, 0.717) is 0 Å². The van der Waals surface area contributed by atoms with E-state index in [1.54, 1.807) is 0 Å². The van der Waals surface area contributed by atoms with Crippen LogP contribution in [0.25, 0.3) is 0 Å². The highest BCUT2D eigenvalue weighted by atomic mass is 32.3. The van der Waals surface area contributed by atoms with Crippen LogP contribution >= 0.6 is 13.5 Å². The number of hydrogen-bond acceptors (Lipinski definition) is 3.